The minimum atomic E-state index is -0.729. The van der Waals surface area contributed by atoms with Crippen LogP contribution >= 0.6 is 0 Å². The molecule has 0 atom stereocenters. The molecule has 4 nitrogen and oxygen atoms in total. The highest BCUT2D eigenvalue weighted by Crippen LogP contribution is 2.15. The number of hydrogen-bond donors (Lipinski definition) is 0. The number of benzene rings is 1. The lowest BCUT2D eigenvalue weighted by molar-refractivity contribution is 0.0993. The number of ketones is 1. The zero-order chi connectivity index (χ0) is 14.1. The van der Waals surface area contributed by atoms with Crippen LogP contribution < -0.4 is 0 Å². The fourth-order valence-corrected chi connectivity index (χ4v) is 1.98. The smallest absolute Gasteiger partial charge is 0.171 e. The molecule has 0 aliphatic carbocycles. The summed E-state index contributed by atoms with van der Waals surface area (Å²) in [4.78, 5) is 16.1. The number of hydrogen-bond acceptors (Lipinski definition) is 3. The van der Waals surface area contributed by atoms with E-state index in [9.17, 15) is 13.6 Å². The molecule has 0 aliphatic heterocycles. The standard InChI is InChI=1S/C14H9F2N3O/c15-10-2-1-9(12(16)6-10)5-14(20)11-7-18-19-4-3-17-8-13(11)19/h1-4,6-8H,5H2. The average molecular weight is 273 g/mol. The Bertz CT molecular complexity index is 798. The third-order valence-corrected chi connectivity index (χ3v) is 2.99. The first-order chi connectivity index (χ1) is 9.65. The molecule has 6 heteroatoms. The first-order valence-electron chi connectivity index (χ1n) is 5.89. The second-order valence-electron chi connectivity index (χ2n) is 4.30. The van der Waals surface area contributed by atoms with E-state index in [1.54, 1.807) is 12.4 Å². The zero-order valence-corrected chi connectivity index (χ0v) is 10.3. The number of fused-ring (bicyclic) bond motifs is 1. The van der Waals surface area contributed by atoms with Crippen molar-refractivity contribution in [3.8, 4) is 0 Å². The van der Waals surface area contributed by atoms with Gasteiger partial charge in [-0.05, 0) is 11.6 Å². The molecule has 0 fully saturated rings. The third-order valence-electron chi connectivity index (χ3n) is 2.99. The van der Waals surface area contributed by atoms with Crippen LogP contribution in [0.15, 0.2) is 43.0 Å². The molecule has 20 heavy (non-hydrogen) atoms. The van der Waals surface area contributed by atoms with Gasteiger partial charge in [0.05, 0.1) is 23.5 Å². The molecule has 2 aromatic heterocycles. The van der Waals surface area contributed by atoms with Crippen LogP contribution in [0.25, 0.3) is 5.52 Å². The van der Waals surface area contributed by atoms with Gasteiger partial charge in [-0.15, -0.1) is 0 Å². The van der Waals surface area contributed by atoms with Gasteiger partial charge in [-0.2, -0.15) is 5.10 Å². The average Bonchev–Trinajstić information content (AvgIpc) is 2.86. The molecular weight excluding hydrogens is 264 g/mol. The summed E-state index contributed by atoms with van der Waals surface area (Å²) in [5.41, 5.74) is 1.07. The highest BCUT2D eigenvalue weighted by Gasteiger charge is 2.15. The van der Waals surface area contributed by atoms with E-state index in [1.807, 2.05) is 0 Å². The number of Topliss-reactive ketones (excluding diaryl/α,β-unsaturated/α-hetero) is 1. The normalized spacial score (nSPS) is 10.9. The van der Waals surface area contributed by atoms with Gasteiger partial charge in [0.15, 0.2) is 5.78 Å². The highest BCUT2D eigenvalue weighted by atomic mass is 19.1. The number of rotatable bonds is 3. The van der Waals surface area contributed by atoms with Crippen molar-refractivity contribution in [2.75, 3.05) is 0 Å². The fraction of sp³-hybridized carbons (Fsp3) is 0.0714. The minimum absolute atomic E-state index is 0.150. The van der Waals surface area contributed by atoms with Crippen molar-refractivity contribution in [2.45, 2.75) is 6.42 Å². The topological polar surface area (TPSA) is 47.3 Å². The highest BCUT2D eigenvalue weighted by molar-refractivity contribution is 6.03. The van der Waals surface area contributed by atoms with Gasteiger partial charge in [0.2, 0.25) is 0 Å². The largest absolute Gasteiger partial charge is 0.294 e. The van der Waals surface area contributed by atoms with Gasteiger partial charge in [0, 0.05) is 24.9 Å². The quantitative estimate of drug-likeness (QED) is 0.688. The lowest BCUT2D eigenvalue weighted by Crippen LogP contribution is -2.05. The summed E-state index contributed by atoms with van der Waals surface area (Å²) >= 11 is 0. The first kappa shape index (κ1) is 12.4. The molecule has 0 aliphatic rings. The second kappa shape index (κ2) is 4.80. The first-order valence-corrected chi connectivity index (χ1v) is 5.89. The van der Waals surface area contributed by atoms with E-state index in [1.165, 1.54) is 23.0 Å². The Morgan fingerprint density at radius 1 is 1.25 bits per heavy atom. The van der Waals surface area contributed by atoms with E-state index in [0.29, 0.717) is 11.1 Å². The number of halogens is 2. The van der Waals surface area contributed by atoms with Gasteiger partial charge in [-0.3, -0.25) is 9.78 Å². The van der Waals surface area contributed by atoms with E-state index in [4.69, 9.17) is 0 Å². The van der Waals surface area contributed by atoms with Crippen LogP contribution in [0.3, 0.4) is 0 Å². The van der Waals surface area contributed by atoms with Crippen molar-refractivity contribution < 1.29 is 13.6 Å². The molecule has 100 valence electrons. The van der Waals surface area contributed by atoms with Crippen molar-refractivity contribution in [1.82, 2.24) is 14.6 Å². The van der Waals surface area contributed by atoms with Crippen molar-refractivity contribution in [3.05, 3.63) is 65.7 Å². The predicted molar refractivity (Wildman–Crippen MR) is 67.4 cm³/mol. The summed E-state index contributed by atoms with van der Waals surface area (Å²) in [6.45, 7) is 0. The number of carbonyl (C=O) groups excluding carboxylic acids is 1. The van der Waals surface area contributed by atoms with Crippen LogP contribution in [-0.2, 0) is 6.42 Å². The molecule has 0 saturated heterocycles. The van der Waals surface area contributed by atoms with Crippen LogP contribution in [0.1, 0.15) is 15.9 Å². The second-order valence-corrected chi connectivity index (χ2v) is 4.30. The molecule has 0 bridgehead atoms. The van der Waals surface area contributed by atoms with E-state index in [2.05, 4.69) is 10.1 Å². The molecule has 0 N–H and O–H groups in total. The van der Waals surface area contributed by atoms with Crippen molar-refractivity contribution in [1.29, 1.82) is 0 Å². The number of carbonyl (C=O) groups is 1. The molecule has 2 heterocycles. The van der Waals surface area contributed by atoms with Crippen molar-refractivity contribution in [2.24, 2.45) is 0 Å². The lowest BCUT2D eigenvalue weighted by Gasteiger charge is -2.02. The minimum Gasteiger partial charge on any atom is -0.294 e. The van der Waals surface area contributed by atoms with Crippen LogP contribution in [-0.4, -0.2) is 20.4 Å². The van der Waals surface area contributed by atoms with Crippen molar-refractivity contribution in [3.63, 3.8) is 0 Å². The maximum absolute atomic E-state index is 13.5. The third kappa shape index (κ3) is 2.16. The van der Waals surface area contributed by atoms with Crippen molar-refractivity contribution >= 4 is 11.3 Å². The molecule has 0 unspecified atom stereocenters. The summed E-state index contributed by atoms with van der Waals surface area (Å²) in [5.74, 6) is -1.69. The molecular formula is C14H9F2N3O. The van der Waals surface area contributed by atoms with Gasteiger partial charge in [0.25, 0.3) is 0 Å². The van der Waals surface area contributed by atoms with Crippen LogP contribution in [0.4, 0.5) is 8.78 Å². The van der Waals surface area contributed by atoms with Gasteiger partial charge in [-0.1, -0.05) is 6.07 Å². The van der Waals surface area contributed by atoms with Gasteiger partial charge >= 0.3 is 0 Å². The SMILES string of the molecule is O=C(Cc1ccc(F)cc1F)c1cnn2ccncc12. The molecule has 0 amide bonds. The predicted octanol–water partition coefficient (Wildman–Crippen LogP) is 2.43. The lowest BCUT2D eigenvalue weighted by atomic mass is 10.0. The summed E-state index contributed by atoms with van der Waals surface area (Å²) in [7, 11) is 0. The number of nitrogens with zero attached hydrogens (tertiary/aromatic N) is 3. The van der Waals surface area contributed by atoms with Crippen LogP contribution in [0.2, 0.25) is 0 Å². The maximum Gasteiger partial charge on any atom is 0.171 e. The monoisotopic (exact) mass is 273 g/mol. The summed E-state index contributed by atoms with van der Waals surface area (Å²) in [6.07, 6.45) is 5.95. The van der Waals surface area contributed by atoms with E-state index in [-0.39, 0.29) is 17.8 Å². The van der Waals surface area contributed by atoms with Gasteiger partial charge < -0.3 is 0 Å². The Morgan fingerprint density at radius 3 is 2.90 bits per heavy atom. The van der Waals surface area contributed by atoms with E-state index in [0.717, 1.165) is 12.1 Å². The van der Waals surface area contributed by atoms with E-state index >= 15 is 0 Å². The van der Waals surface area contributed by atoms with E-state index < -0.39 is 11.6 Å². The van der Waals surface area contributed by atoms with Gasteiger partial charge in [0.1, 0.15) is 11.6 Å². The fourth-order valence-electron chi connectivity index (χ4n) is 1.98. The summed E-state index contributed by atoms with van der Waals surface area (Å²) in [5, 5.41) is 4.02. The molecule has 0 saturated carbocycles. The Kier molecular flexibility index (Phi) is 2.98. The zero-order valence-electron chi connectivity index (χ0n) is 10.3. The molecule has 3 aromatic rings. The Labute approximate surface area is 112 Å². The van der Waals surface area contributed by atoms with Crippen LogP contribution in [0, 0.1) is 11.6 Å². The Balaban J connectivity index is 1.93. The molecule has 0 radical (unpaired) electrons. The number of aromatic nitrogens is 3. The summed E-state index contributed by atoms with van der Waals surface area (Å²) in [6, 6.07) is 3.16. The maximum atomic E-state index is 13.5. The Hall–Kier alpha value is -2.63. The molecule has 0 spiro atoms. The summed E-state index contributed by atoms with van der Waals surface area (Å²) < 4.78 is 27.9. The molecule has 3 rings (SSSR count). The van der Waals surface area contributed by atoms with Crippen LogP contribution in [0.5, 0.6) is 0 Å². The van der Waals surface area contributed by atoms with Gasteiger partial charge in [-0.25, -0.2) is 13.3 Å². The molecule has 1 aromatic carbocycles. The Morgan fingerprint density at radius 2 is 2.10 bits per heavy atom.